The Kier molecular flexibility index (Phi) is 3.11. The predicted molar refractivity (Wildman–Crippen MR) is 92.5 cm³/mol. The SMILES string of the molecule is CCC1CC2CC3c4[nH]c5ccc(CO)cc5c4CCN(C2)C13. The second-order valence-electron chi connectivity index (χ2n) is 7.90. The third kappa shape index (κ3) is 1.96. The fraction of sp³-hybridized carbons (Fsp3) is 0.600. The zero-order chi connectivity index (χ0) is 15.6. The van der Waals surface area contributed by atoms with Crippen molar-refractivity contribution in [2.75, 3.05) is 13.1 Å². The molecule has 23 heavy (non-hydrogen) atoms. The highest BCUT2D eigenvalue weighted by Crippen LogP contribution is 2.51. The first-order chi connectivity index (χ1) is 11.3. The number of nitrogens with zero attached hydrogens (tertiary/aromatic N) is 1. The topological polar surface area (TPSA) is 39.3 Å². The number of benzene rings is 1. The van der Waals surface area contributed by atoms with Crippen LogP contribution in [-0.4, -0.2) is 34.1 Å². The normalized spacial score (nSPS) is 35.3. The summed E-state index contributed by atoms with van der Waals surface area (Å²) in [6, 6.07) is 7.15. The molecule has 0 amide bonds. The van der Waals surface area contributed by atoms with Crippen LogP contribution in [0.5, 0.6) is 0 Å². The highest BCUT2D eigenvalue weighted by Gasteiger charge is 2.48. The highest BCUT2D eigenvalue weighted by atomic mass is 16.3. The van der Waals surface area contributed by atoms with Crippen molar-refractivity contribution in [3.05, 3.63) is 35.0 Å². The van der Waals surface area contributed by atoms with Gasteiger partial charge in [-0.2, -0.15) is 0 Å². The maximum absolute atomic E-state index is 9.48. The maximum Gasteiger partial charge on any atom is 0.0682 e. The molecule has 2 N–H and O–H groups in total. The summed E-state index contributed by atoms with van der Waals surface area (Å²) in [5.74, 6) is 2.45. The smallest absolute Gasteiger partial charge is 0.0682 e. The summed E-state index contributed by atoms with van der Waals surface area (Å²) in [6.45, 7) is 5.03. The number of nitrogens with one attached hydrogen (secondary N) is 1. The van der Waals surface area contributed by atoms with Crippen LogP contribution in [0.15, 0.2) is 18.2 Å². The molecule has 6 rings (SSSR count). The molecule has 2 aromatic rings. The Labute approximate surface area is 137 Å². The number of piperidine rings is 2. The number of rotatable bonds is 2. The van der Waals surface area contributed by atoms with Gasteiger partial charge in [0.05, 0.1) is 6.61 Å². The van der Waals surface area contributed by atoms with Crippen molar-refractivity contribution in [3.63, 3.8) is 0 Å². The van der Waals surface area contributed by atoms with Crippen LogP contribution in [0.3, 0.4) is 0 Å². The van der Waals surface area contributed by atoms with Gasteiger partial charge in [0, 0.05) is 41.6 Å². The Morgan fingerprint density at radius 1 is 1.30 bits per heavy atom. The van der Waals surface area contributed by atoms with E-state index < -0.39 is 0 Å². The van der Waals surface area contributed by atoms with Gasteiger partial charge in [-0.15, -0.1) is 0 Å². The summed E-state index contributed by atoms with van der Waals surface area (Å²) in [7, 11) is 0. The van der Waals surface area contributed by atoms with Crippen molar-refractivity contribution in [3.8, 4) is 0 Å². The fourth-order valence-corrected chi connectivity index (χ4v) is 5.84. The van der Waals surface area contributed by atoms with Gasteiger partial charge in [0.25, 0.3) is 0 Å². The molecule has 5 unspecified atom stereocenters. The van der Waals surface area contributed by atoms with Gasteiger partial charge in [-0.1, -0.05) is 19.4 Å². The van der Waals surface area contributed by atoms with Crippen LogP contribution in [0.1, 0.15) is 48.9 Å². The first-order valence-electron chi connectivity index (χ1n) is 9.26. The summed E-state index contributed by atoms with van der Waals surface area (Å²) in [5, 5.41) is 10.8. The third-order valence-electron chi connectivity index (χ3n) is 6.76. The van der Waals surface area contributed by atoms with Gasteiger partial charge < -0.3 is 10.1 Å². The largest absolute Gasteiger partial charge is 0.392 e. The Morgan fingerprint density at radius 3 is 3.04 bits per heavy atom. The van der Waals surface area contributed by atoms with Crippen LogP contribution in [0, 0.1) is 11.8 Å². The molecule has 2 saturated heterocycles. The molecule has 0 spiro atoms. The van der Waals surface area contributed by atoms with Crippen LogP contribution in [0.4, 0.5) is 0 Å². The average molecular weight is 310 g/mol. The maximum atomic E-state index is 9.48. The van der Waals surface area contributed by atoms with Crippen molar-refractivity contribution >= 4 is 10.9 Å². The van der Waals surface area contributed by atoms with E-state index in [-0.39, 0.29) is 6.61 Å². The molecule has 3 aliphatic heterocycles. The van der Waals surface area contributed by atoms with E-state index in [0.717, 1.165) is 29.9 Å². The lowest BCUT2D eigenvalue weighted by Crippen LogP contribution is -2.56. The average Bonchev–Trinajstić information content (AvgIpc) is 2.92. The number of hydrogen-bond donors (Lipinski definition) is 2. The molecule has 1 aromatic carbocycles. The number of H-pyrrole nitrogens is 1. The number of aliphatic hydroxyl groups excluding tert-OH is 1. The predicted octanol–water partition coefficient (Wildman–Crippen LogP) is 3.42. The van der Waals surface area contributed by atoms with Crippen molar-refractivity contribution in [2.45, 2.75) is 51.2 Å². The molecule has 1 aliphatic carbocycles. The summed E-state index contributed by atoms with van der Waals surface area (Å²) in [4.78, 5) is 6.58. The zero-order valence-electron chi connectivity index (χ0n) is 13.9. The minimum atomic E-state index is 0.133. The van der Waals surface area contributed by atoms with Gasteiger partial charge in [0.2, 0.25) is 0 Å². The summed E-state index contributed by atoms with van der Waals surface area (Å²) >= 11 is 0. The summed E-state index contributed by atoms with van der Waals surface area (Å²) in [6.07, 6.45) is 5.28. The molecule has 4 heterocycles. The van der Waals surface area contributed by atoms with Gasteiger partial charge in [-0.25, -0.2) is 0 Å². The highest BCUT2D eigenvalue weighted by molar-refractivity contribution is 5.86. The first-order valence-corrected chi connectivity index (χ1v) is 9.26. The molecule has 1 aromatic heterocycles. The number of fused-ring (bicyclic) bond motifs is 4. The van der Waals surface area contributed by atoms with Crippen LogP contribution in [-0.2, 0) is 13.0 Å². The van der Waals surface area contributed by atoms with Gasteiger partial charge in [0.1, 0.15) is 0 Å². The van der Waals surface area contributed by atoms with Gasteiger partial charge in [0.15, 0.2) is 0 Å². The monoisotopic (exact) mass is 310 g/mol. The van der Waals surface area contributed by atoms with Gasteiger partial charge in [-0.05, 0) is 54.4 Å². The minimum absolute atomic E-state index is 0.133. The minimum Gasteiger partial charge on any atom is -0.392 e. The Balaban J connectivity index is 1.66. The van der Waals surface area contributed by atoms with Crippen LogP contribution in [0.25, 0.3) is 10.9 Å². The van der Waals surface area contributed by atoms with Crippen molar-refractivity contribution in [1.29, 1.82) is 0 Å². The third-order valence-corrected chi connectivity index (χ3v) is 6.76. The molecule has 122 valence electrons. The number of aromatic amines is 1. The molecule has 4 aliphatic rings. The van der Waals surface area contributed by atoms with Crippen LogP contribution >= 0.6 is 0 Å². The second-order valence-corrected chi connectivity index (χ2v) is 7.90. The van der Waals surface area contributed by atoms with E-state index in [2.05, 4.69) is 28.9 Å². The van der Waals surface area contributed by atoms with Crippen LogP contribution < -0.4 is 0 Å². The van der Waals surface area contributed by atoms with Gasteiger partial charge >= 0.3 is 0 Å². The lowest BCUT2D eigenvalue weighted by Gasteiger charge is -2.53. The van der Waals surface area contributed by atoms with E-state index in [4.69, 9.17) is 0 Å². The number of aliphatic hydroxyl groups is 1. The quantitative estimate of drug-likeness (QED) is 0.892. The molecule has 0 radical (unpaired) electrons. The van der Waals surface area contributed by atoms with Crippen LogP contribution in [0.2, 0.25) is 0 Å². The Morgan fingerprint density at radius 2 is 2.22 bits per heavy atom. The number of hydrogen-bond acceptors (Lipinski definition) is 2. The van der Waals surface area contributed by atoms with E-state index in [1.54, 1.807) is 0 Å². The van der Waals surface area contributed by atoms with E-state index in [0.29, 0.717) is 5.92 Å². The van der Waals surface area contributed by atoms with Crippen molar-refractivity contribution in [2.24, 2.45) is 11.8 Å². The van der Waals surface area contributed by atoms with E-state index >= 15 is 0 Å². The lowest BCUT2D eigenvalue weighted by atomic mass is 9.65. The van der Waals surface area contributed by atoms with Gasteiger partial charge in [-0.3, -0.25) is 4.90 Å². The molecule has 3 heteroatoms. The Hall–Kier alpha value is -1.32. The first kappa shape index (κ1) is 14.1. The van der Waals surface area contributed by atoms with E-state index in [1.807, 2.05) is 6.07 Å². The standard InChI is InChI=1S/C20H26N2O/c1-2-14-7-13-9-17-19-15(5-6-22(10-13)20(14)17)16-8-12(11-23)3-4-18(16)21-19/h3-4,8,13-14,17,20-21,23H,2,5-7,9-11H2,1H3. The second kappa shape index (κ2) is 5.09. The lowest BCUT2D eigenvalue weighted by molar-refractivity contribution is -0.0134. The molecule has 5 atom stereocenters. The number of aromatic nitrogens is 1. The fourth-order valence-electron chi connectivity index (χ4n) is 5.84. The molecule has 4 bridgehead atoms. The Bertz CT molecular complexity index is 749. The van der Waals surface area contributed by atoms with Crippen molar-refractivity contribution < 1.29 is 5.11 Å². The summed E-state index contributed by atoms with van der Waals surface area (Å²) < 4.78 is 0. The molecular weight excluding hydrogens is 284 g/mol. The molecule has 3 nitrogen and oxygen atoms in total. The van der Waals surface area contributed by atoms with Crippen molar-refractivity contribution in [1.82, 2.24) is 9.88 Å². The molecular formula is C20H26N2O. The van der Waals surface area contributed by atoms with E-state index in [9.17, 15) is 5.11 Å². The zero-order valence-corrected chi connectivity index (χ0v) is 13.9. The summed E-state index contributed by atoms with van der Waals surface area (Å²) in [5.41, 5.74) is 5.34. The van der Waals surface area contributed by atoms with E-state index in [1.165, 1.54) is 54.5 Å². The molecule has 3 fully saturated rings. The molecule has 1 saturated carbocycles.